The van der Waals surface area contributed by atoms with Crippen LogP contribution in [0.5, 0.6) is 0 Å². The average molecular weight is 246 g/mol. The van der Waals surface area contributed by atoms with Crippen molar-refractivity contribution in [2.75, 3.05) is 26.7 Å². The van der Waals surface area contributed by atoms with Crippen LogP contribution in [0.4, 0.5) is 0 Å². The van der Waals surface area contributed by atoms with Gasteiger partial charge in [0.05, 0.1) is 0 Å². The summed E-state index contributed by atoms with van der Waals surface area (Å²) in [4.78, 5) is 6.43. The Kier molecular flexibility index (Phi) is 3.03. The second-order valence-corrected chi connectivity index (χ2v) is 4.86. The van der Waals surface area contributed by atoms with Gasteiger partial charge in [-0.05, 0) is 24.7 Å². The molecule has 2 atom stereocenters. The van der Waals surface area contributed by atoms with Gasteiger partial charge in [0.15, 0.2) is 12.0 Å². The van der Waals surface area contributed by atoms with Gasteiger partial charge in [0.25, 0.3) is 0 Å². The number of piperazine rings is 1. The highest BCUT2D eigenvalue weighted by molar-refractivity contribution is 5.72. The summed E-state index contributed by atoms with van der Waals surface area (Å²) < 4.78 is 5.33. The van der Waals surface area contributed by atoms with Crippen LogP contribution in [0.2, 0.25) is 0 Å². The van der Waals surface area contributed by atoms with Gasteiger partial charge in [-0.1, -0.05) is 6.07 Å². The Morgan fingerprint density at radius 2 is 2.44 bits per heavy atom. The van der Waals surface area contributed by atoms with Crippen LogP contribution >= 0.6 is 0 Å². The summed E-state index contributed by atoms with van der Waals surface area (Å²) >= 11 is 0. The smallest absolute Gasteiger partial charge is 0.181 e. The summed E-state index contributed by atoms with van der Waals surface area (Å²) in [7, 11) is 2.12. The molecule has 1 saturated heterocycles. The first-order chi connectivity index (χ1) is 8.75. The molecule has 2 heterocycles. The van der Waals surface area contributed by atoms with E-state index in [0.29, 0.717) is 6.04 Å². The van der Waals surface area contributed by atoms with Crippen molar-refractivity contribution in [1.29, 1.82) is 0 Å². The number of rotatable bonds is 2. The number of nitrogens with two attached hydrogens (primary N) is 1. The number of aromatic nitrogens is 1. The second kappa shape index (κ2) is 4.68. The van der Waals surface area contributed by atoms with E-state index in [1.807, 2.05) is 18.2 Å². The lowest BCUT2D eigenvalue weighted by atomic mass is 9.97. The van der Waals surface area contributed by atoms with Crippen molar-refractivity contribution in [3.63, 3.8) is 0 Å². The van der Waals surface area contributed by atoms with Crippen LogP contribution < -0.4 is 11.1 Å². The van der Waals surface area contributed by atoms with Crippen molar-refractivity contribution in [3.8, 4) is 0 Å². The topological polar surface area (TPSA) is 67.3 Å². The van der Waals surface area contributed by atoms with Crippen molar-refractivity contribution in [2.45, 2.75) is 12.1 Å². The molecule has 1 aromatic heterocycles. The third-order valence-corrected chi connectivity index (χ3v) is 3.72. The van der Waals surface area contributed by atoms with Crippen molar-refractivity contribution in [3.05, 3.63) is 30.2 Å². The van der Waals surface area contributed by atoms with E-state index in [0.717, 1.165) is 36.3 Å². The van der Waals surface area contributed by atoms with E-state index in [9.17, 15) is 0 Å². The molecule has 18 heavy (non-hydrogen) atoms. The third-order valence-electron chi connectivity index (χ3n) is 3.72. The summed E-state index contributed by atoms with van der Waals surface area (Å²) in [6.07, 6.45) is 1.47. The van der Waals surface area contributed by atoms with Crippen LogP contribution in [0.25, 0.3) is 11.1 Å². The molecule has 3 rings (SSSR count). The molecule has 0 radical (unpaired) electrons. The number of oxazole rings is 1. The summed E-state index contributed by atoms with van der Waals surface area (Å²) in [5.74, 6) is 0. The van der Waals surface area contributed by atoms with Gasteiger partial charge in [-0.3, -0.25) is 4.90 Å². The van der Waals surface area contributed by atoms with Crippen LogP contribution in [0, 0.1) is 0 Å². The van der Waals surface area contributed by atoms with E-state index >= 15 is 0 Å². The quantitative estimate of drug-likeness (QED) is 0.817. The minimum atomic E-state index is -0.0164. The highest BCUT2D eigenvalue weighted by Gasteiger charge is 2.26. The molecule has 2 unspecified atom stereocenters. The fourth-order valence-corrected chi connectivity index (χ4v) is 2.53. The fraction of sp³-hybridized carbons (Fsp3) is 0.462. The molecule has 0 bridgehead atoms. The Morgan fingerprint density at radius 3 is 3.28 bits per heavy atom. The lowest BCUT2D eigenvalue weighted by Gasteiger charge is -2.37. The molecular weight excluding hydrogens is 228 g/mol. The zero-order valence-electron chi connectivity index (χ0n) is 10.5. The maximum atomic E-state index is 6.38. The van der Waals surface area contributed by atoms with Gasteiger partial charge >= 0.3 is 0 Å². The molecular formula is C13H18N4O. The average Bonchev–Trinajstić information content (AvgIpc) is 2.85. The summed E-state index contributed by atoms with van der Waals surface area (Å²) in [5.41, 5.74) is 9.15. The Labute approximate surface area is 106 Å². The summed E-state index contributed by atoms with van der Waals surface area (Å²) in [6, 6.07) is 6.30. The van der Waals surface area contributed by atoms with Gasteiger partial charge in [-0.25, -0.2) is 4.98 Å². The molecule has 5 heteroatoms. The molecule has 1 aliphatic heterocycles. The molecule has 1 aromatic carbocycles. The fourth-order valence-electron chi connectivity index (χ4n) is 2.53. The maximum absolute atomic E-state index is 6.38. The summed E-state index contributed by atoms with van der Waals surface area (Å²) in [5, 5.41) is 3.39. The molecule has 0 amide bonds. The summed E-state index contributed by atoms with van der Waals surface area (Å²) in [6.45, 7) is 2.98. The van der Waals surface area contributed by atoms with E-state index in [2.05, 4.69) is 22.2 Å². The van der Waals surface area contributed by atoms with Gasteiger partial charge in [0.1, 0.15) is 5.52 Å². The first-order valence-corrected chi connectivity index (χ1v) is 6.25. The predicted molar refractivity (Wildman–Crippen MR) is 70.2 cm³/mol. The van der Waals surface area contributed by atoms with Crippen LogP contribution in [-0.2, 0) is 0 Å². The number of nitrogens with one attached hydrogen (secondary N) is 1. The third kappa shape index (κ3) is 2.01. The number of nitrogens with zero attached hydrogens (tertiary/aromatic N) is 2. The zero-order chi connectivity index (χ0) is 12.5. The van der Waals surface area contributed by atoms with Gasteiger partial charge in [0, 0.05) is 31.7 Å². The molecule has 96 valence electrons. The predicted octanol–water partition coefficient (Wildman–Crippen LogP) is 0.731. The van der Waals surface area contributed by atoms with Crippen molar-refractivity contribution >= 4 is 11.1 Å². The highest BCUT2D eigenvalue weighted by Crippen LogP contribution is 2.22. The number of fused-ring (bicyclic) bond motifs is 1. The van der Waals surface area contributed by atoms with Gasteiger partial charge in [-0.2, -0.15) is 0 Å². The van der Waals surface area contributed by atoms with E-state index in [1.165, 1.54) is 6.39 Å². The molecule has 1 aliphatic rings. The Hall–Kier alpha value is -1.43. The Bertz CT molecular complexity index is 539. The van der Waals surface area contributed by atoms with E-state index in [4.69, 9.17) is 10.2 Å². The standard InChI is InChI=1S/C13H18N4O/c1-17-5-4-15-7-11(17)13(14)9-2-3-10-12(6-9)18-8-16-10/h2-3,6,8,11,13,15H,4-5,7,14H2,1H3. The first-order valence-electron chi connectivity index (χ1n) is 6.25. The molecule has 5 nitrogen and oxygen atoms in total. The monoisotopic (exact) mass is 246 g/mol. The minimum Gasteiger partial charge on any atom is -0.443 e. The lowest BCUT2D eigenvalue weighted by Crippen LogP contribution is -2.53. The molecule has 0 spiro atoms. The van der Waals surface area contributed by atoms with Crippen LogP contribution in [0.3, 0.4) is 0 Å². The minimum absolute atomic E-state index is 0.0164. The molecule has 0 saturated carbocycles. The molecule has 0 aliphatic carbocycles. The Morgan fingerprint density at radius 1 is 1.56 bits per heavy atom. The normalized spacial score (nSPS) is 23.3. The van der Waals surface area contributed by atoms with E-state index in [-0.39, 0.29) is 6.04 Å². The number of likely N-dealkylation sites (N-methyl/N-ethyl adjacent to an activating group) is 1. The lowest BCUT2D eigenvalue weighted by molar-refractivity contribution is 0.174. The Balaban J connectivity index is 1.87. The maximum Gasteiger partial charge on any atom is 0.181 e. The van der Waals surface area contributed by atoms with Crippen LogP contribution in [-0.4, -0.2) is 42.6 Å². The second-order valence-electron chi connectivity index (χ2n) is 4.86. The molecule has 3 N–H and O–H groups in total. The van der Waals surface area contributed by atoms with Gasteiger partial charge in [-0.15, -0.1) is 0 Å². The van der Waals surface area contributed by atoms with E-state index < -0.39 is 0 Å². The SMILES string of the molecule is CN1CCNCC1C(N)c1ccc2ncoc2c1. The highest BCUT2D eigenvalue weighted by atomic mass is 16.3. The molecule has 1 fully saturated rings. The van der Waals surface area contributed by atoms with Gasteiger partial charge in [0.2, 0.25) is 0 Å². The van der Waals surface area contributed by atoms with Gasteiger partial charge < -0.3 is 15.5 Å². The number of hydrogen-bond acceptors (Lipinski definition) is 5. The van der Waals surface area contributed by atoms with Crippen LogP contribution in [0.15, 0.2) is 29.0 Å². The molecule has 2 aromatic rings. The van der Waals surface area contributed by atoms with Crippen molar-refractivity contribution in [2.24, 2.45) is 5.73 Å². The number of hydrogen-bond donors (Lipinski definition) is 2. The zero-order valence-corrected chi connectivity index (χ0v) is 10.5. The van der Waals surface area contributed by atoms with Crippen molar-refractivity contribution in [1.82, 2.24) is 15.2 Å². The van der Waals surface area contributed by atoms with E-state index in [1.54, 1.807) is 0 Å². The largest absolute Gasteiger partial charge is 0.443 e. The first kappa shape index (κ1) is 11.6. The van der Waals surface area contributed by atoms with Crippen molar-refractivity contribution < 1.29 is 4.42 Å². The van der Waals surface area contributed by atoms with Crippen LogP contribution in [0.1, 0.15) is 11.6 Å². The number of benzene rings is 1.